The summed E-state index contributed by atoms with van der Waals surface area (Å²) in [5.74, 6) is 0.186. The molecule has 2 N–H and O–H groups in total. The quantitative estimate of drug-likeness (QED) is 0.214. The third-order valence-corrected chi connectivity index (χ3v) is 5.78. The Kier molecular flexibility index (Phi) is 17.7. The van der Waals surface area contributed by atoms with Crippen LogP contribution in [0.5, 0.6) is 0 Å². The molecule has 168 valence electrons. The van der Waals surface area contributed by atoms with Crippen molar-refractivity contribution in [3.05, 3.63) is 18.2 Å². The minimum atomic E-state index is 0.186. The number of unbranched alkanes of at least 4 members (excludes halogenated alkanes) is 16. The summed E-state index contributed by atoms with van der Waals surface area (Å²) in [6.45, 7) is 2.98. The smallest absolute Gasteiger partial charge is 0.220 e. The standard InChI is InChI=1S/C25H47N3O/c1-2-3-4-5-6-7-8-9-10-11-12-13-14-15-16-17-18-19-25(29)27-21-20-24-22-26-23-28-24/h22-23H,2-21H2,1H3,(H,26,28)(H,27,29). The van der Waals surface area contributed by atoms with Crippen molar-refractivity contribution in [2.45, 2.75) is 129 Å². The highest BCUT2D eigenvalue weighted by molar-refractivity contribution is 5.75. The number of rotatable bonds is 21. The van der Waals surface area contributed by atoms with E-state index in [9.17, 15) is 4.79 Å². The van der Waals surface area contributed by atoms with Gasteiger partial charge in [-0.05, 0) is 6.42 Å². The van der Waals surface area contributed by atoms with Gasteiger partial charge >= 0.3 is 0 Å². The van der Waals surface area contributed by atoms with E-state index in [0.29, 0.717) is 13.0 Å². The molecule has 0 aliphatic heterocycles. The molecule has 0 saturated carbocycles. The summed E-state index contributed by atoms with van der Waals surface area (Å²) in [4.78, 5) is 18.8. The van der Waals surface area contributed by atoms with Crippen molar-refractivity contribution in [3.63, 3.8) is 0 Å². The van der Waals surface area contributed by atoms with Gasteiger partial charge in [-0.1, -0.05) is 110 Å². The number of aromatic amines is 1. The van der Waals surface area contributed by atoms with Crippen LogP contribution in [0.2, 0.25) is 0 Å². The second kappa shape index (κ2) is 20.0. The third kappa shape index (κ3) is 17.3. The molecule has 4 heteroatoms. The molecule has 1 amide bonds. The minimum Gasteiger partial charge on any atom is -0.356 e. The van der Waals surface area contributed by atoms with Crippen LogP contribution in [0.4, 0.5) is 0 Å². The lowest BCUT2D eigenvalue weighted by Crippen LogP contribution is -2.25. The highest BCUT2D eigenvalue weighted by Gasteiger charge is 2.01. The summed E-state index contributed by atoms with van der Waals surface area (Å²) in [7, 11) is 0. The average Bonchev–Trinajstić information content (AvgIpc) is 3.24. The summed E-state index contributed by atoms with van der Waals surface area (Å²) in [5.41, 5.74) is 1.07. The van der Waals surface area contributed by atoms with Gasteiger partial charge in [-0.3, -0.25) is 4.79 Å². The van der Waals surface area contributed by atoms with E-state index in [1.165, 1.54) is 103 Å². The van der Waals surface area contributed by atoms with E-state index >= 15 is 0 Å². The highest BCUT2D eigenvalue weighted by Crippen LogP contribution is 2.14. The van der Waals surface area contributed by atoms with Crippen LogP contribution in [0.25, 0.3) is 0 Å². The molecule has 0 atom stereocenters. The van der Waals surface area contributed by atoms with Crippen LogP contribution in [-0.4, -0.2) is 22.4 Å². The Morgan fingerprint density at radius 2 is 1.28 bits per heavy atom. The van der Waals surface area contributed by atoms with Gasteiger partial charge in [0.05, 0.1) is 6.33 Å². The Bertz CT molecular complexity index is 459. The fourth-order valence-corrected chi connectivity index (χ4v) is 3.86. The van der Waals surface area contributed by atoms with Gasteiger partial charge in [0.1, 0.15) is 0 Å². The second-order valence-corrected chi connectivity index (χ2v) is 8.58. The first-order chi connectivity index (χ1) is 14.3. The maximum Gasteiger partial charge on any atom is 0.220 e. The lowest BCUT2D eigenvalue weighted by atomic mass is 10.0. The van der Waals surface area contributed by atoms with Gasteiger partial charge in [0.25, 0.3) is 0 Å². The van der Waals surface area contributed by atoms with Gasteiger partial charge in [-0.25, -0.2) is 4.98 Å². The van der Waals surface area contributed by atoms with E-state index in [1.54, 1.807) is 6.33 Å². The van der Waals surface area contributed by atoms with Crippen LogP contribution in [0.3, 0.4) is 0 Å². The lowest BCUT2D eigenvalue weighted by Gasteiger charge is -2.05. The van der Waals surface area contributed by atoms with Gasteiger partial charge in [0.15, 0.2) is 0 Å². The Balaban J connectivity index is 1.71. The van der Waals surface area contributed by atoms with Crippen LogP contribution in [-0.2, 0) is 11.2 Å². The van der Waals surface area contributed by atoms with Crippen molar-refractivity contribution >= 4 is 5.91 Å². The number of hydrogen-bond donors (Lipinski definition) is 2. The monoisotopic (exact) mass is 405 g/mol. The van der Waals surface area contributed by atoms with Gasteiger partial charge in [-0.2, -0.15) is 0 Å². The number of carbonyl (C=O) groups is 1. The molecular weight excluding hydrogens is 358 g/mol. The van der Waals surface area contributed by atoms with Crippen LogP contribution >= 0.6 is 0 Å². The predicted molar refractivity (Wildman–Crippen MR) is 124 cm³/mol. The SMILES string of the molecule is CCCCCCCCCCCCCCCCCCCC(=O)NCCc1cnc[nH]1. The molecule has 0 saturated heterocycles. The summed E-state index contributed by atoms with van der Waals surface area (Å²) in [6, 6.07) is 0. The molecule has 0 aliphatic carbocycles. The average molecular weight is 406 g/mol. The van der Waals surface area contributed by atoms with Gasteiger partial charge in [0.2, 0.25) is 5.91 Å². The Labute approximate surface area is 180 Å². The van der Waals surface area contributed by atoms with Gasteiger partial charge in [-0.15, -0.1) is 0 Å². The summed E-state index contributed by atoms with van der Waals surface area (Å²) < 4.78 is 0. The second-order valence-electron chi connectivity index (χ2n) is 8.58. The molecule has 0 unspecified atom stereocenters. The molecule has 29 heavy (non-hydrogen) atoms. The van der Waals surface area contributed by atoms with Crippen LogP contribution in [0.1, 0.15) is 128 Å². The Morgan fingerprint density at radius 3 is 1.72 bits per heavy atom. The van der Waals surface area contributed by atoms with E-state index in [-0.39, 0.29) is 5.91 Å². The minimum absolute atomic E-state index is 0.186. The number of carbonyl (C=O) groups excluding carboxylic acids is 1. The lowest BCUT2D eigenvalue weighted by molar-refractivity contribution is -0.121. The molecule has 0 aliphatic rings. The molecule has 4 nitrogen and oxygen atoms in total. The number of hydrogen-bond acceptors (Lipinski definition) is 2. The molecule has 0 spiro atoms. The predicted octanol–water partition coefficient (Wildman–Crippen LogP) is 7.11. The largest absolute Gasteiger partial charge is 0.356 e. The zero-order valence-electron chi connectivity index (χ0n) is 19.2. The zero-order valence-corrected chi connectivity index (χ0v) is 19.2. The number of H-pyrrole nitrogens is 1. The van der Waals surface area contributed by atoms with E-state index < -0.39 is 0 Å². The number of nitrogens with one attached hydrogen (secondary N) is 2. The fraction of sp³-hybridized carbons (Fsp3) is 0.840. The first kappa shape index (κ1) is 25.7. The van der Waals surface area contributed by atoms with Gasteiger partial charge in [0, 0.05) is 31.3 Å². The zero-order chi connectivity index (χ0) is 20.8. The fourth-order valence-electron chi connectivity index (χ4n) is 3.86. The van der Waals surface area contributed by atoms with Crippen LogP contribution in [0, 0.1) is 0 Å². The van der Waals surface area contributed by atoms with E-state index in [2.05, 4.69) is 22.2 Å². The third-order valence-electron chi connectivity index (χ3n) is 5.78. The normalized spacial score (nSPS) is 11.1. The van der Waals surface area contributed by atoms with Crippen LogP contribution < -0.4 is 5.32 Å². The van der Waals surface area contributed by atoms with Crippen molar-refractivity contribution in [3.8, 4) is 0 Å². The topological polar surface area (TPSA) is 57.8 Å². The molecule has 0 radical (unpaired) electrons. The van der Waals surface area contributed by atoms with E-state index in [0.717, 1.165) is 18.5 Å². The number of aromatic nitrogens is 2. The molecule has 1 aromatic heterocycles. The summed E-state index contributed by atoms with van der Waals surface area (Å²) in [5, 5.41) is 2.99. The van der Waals surface area contributed by atoms with Crippen molar-refractivity contribution in [1.29, 1.82) is 0 Å². The first-order valence-corrected chi connectivity index (χ1v) is 12.6. The number of amides is 1. The molecule has 1 rings (SSSR count). The Hall–Kier alpha value is -1.32. The van der Waals surface area contributed by atoms with E-state index in [4.69, 9.17) is 0 Å². The van der Waals surface area contributed by atoms with Crippen molar-refractivity contribution in [1.82, 2.24) is 15.3 Å². The summed E-state index contributed by atoms with van der Waals surface area (Å²) >= 11 is 0. The molecule has 1 heterocycles. The number of nitrogens with zero attached hydrogens (tertiary/aromatic N) is 1. The van der Waals surface area contributed by atoms with E-state index in [1.807, 2.05) is 6.20 Å². The molecule has 0 bridgehead atoms. The van der Waals surface area contributed by atoms with Gasteiger partial charge < -0.3 is 10.3 Å². The van der Waals surface area contributed by atoms with Crippen molar-refractivity contribution < 1.29 is 4.79 Å². The maximum atomic E-state index is 11.8. The molecular formula is C25H47N3O. The molecule has 0 aromatic carbocycles. The first-order valence-electron chi connectivity index (χ1n) is 12.6. The summed E-state index contributed by atoms with van der Waals surface area (Å²) in [6.07, 6.45) is 28.3. The van der Waals surface area contributed by atoms with Crippen molar-refractivity contribution in [2.24, 2.45) is 0 Å². The number of imidazole rings is 1. The van der Waals surface area contributed by atoms with Crippen LogP contribution in [0.15, 0.2) is 12.5 Å². The molecule has 0 fully saturated rings. The Morgan fingerprint density at radius 1 is 0.793 bits per heavy atom. The molecule has 1 aromatic rings. The maximum absolute atomic E-state index is 11.8. The van der Waals surface area contributed by atoms with Crippen molar-refractivity contribution in [2.75, 3.05) is 6.54 Å². The highest BCUT2D eigenvalue weighted by atomic mass is 16.1.